The highest BCUT2D eigenvalue weighted by atomic mass is 32.2. The van der Waals surface area contributed by atoms with Crippen LogP contribution in [0.15, 0.2) is 0 Å². The normalized spacial score (nSPS) is 43.6. The largest absolute Gasteiger partial charge is 0.315 e. The van der Waals surface area contributed by atoms with E-state index in [1.165, 1.54) is 0 Å². The second-order valence-corrected chi connectivity index (χ2v) is 5.54. The zero-order valence-corrected chi connectivity index (χ0v) is 6.52. The van der Waals surface area contributed by atoms with Gasteiger partial charge in [-0.3, -0.25) is 0 Å². The Kier molecular flexibility index (Phi) is 1.29. The lowest BCUT2D eigenvalue weighted by atomic mass is 10.0. The van der Waals surface area contributed by atoms with Gasteiger partial charge in [0.15, 0.2) is 9.84 Å². The molecule has 3 nitrogen and oxygen atoms in total. The van der Waals surface area contributed by atoms with Gasteiger partial charge < -0.3 is 5.32 Å². The maximum Gasteiger partial charge on any atom is 0.154 e. The fourth-order valence-electron chi connectivity index (χ4n) is 1.85. The molecule has 0 aromatic rings. The van der Waals surface area contributed by atoms with Crippen molar-refractivity contribution in [1.82, 2.24) is 5.32 Å². The number of piperidine rings is 1. The molecule has 2 aliphatic rings. The highest BCUT2D eigenvalue weighted by molar-refractivity contribution is 7.92. The van der Waals surface area contributed by atoms with Crippen LogP contribution in [0.1, 0.15) is 6.42 Å². The smallest absolute Gasteiger partial charge is 0.154 e. The summed E-state index contributed by atoms with van der Waals surface area (Å²) in [5.41, 5.74) is 0. The van der Waals surface area contributed by atoms with Gasteiger partial charge >= 0.3 is 0 Å². The van der Waals surface area contributed by atoms with Crippen molar-refractivity contribution in [2.45, 2.75) is 11.7 Å². The maximum absolute atomic E-state index is 11.2. The molecule has 0 saturated carbocycles. The topological polar surface area (TPSA) is 46.2 Å². The van der Waals surface area contributed by atoms with E-state index in [9.17, 15) is 8.42 Å². The second-order valence-electron chi connectivity index (χ2n) is 3.21. The summed E-state index contributed by atoms with van der Waals surface area (Å²) in [6.45, 7) is 1.58. The molecule has 58 valence electrons. The molecule has 1 N–H and O–H groups in total. The van der Waals surface area contributed by atoms with Gasteiger partial charge in [-0.1, -0.05) is 0 Å². The molecule has 0 radical (unpaired) electrons. The van der Waals surface area contributed by atoms with E-state index in [0.717, 1.165) is 13.0 Å². The van der Waals surface area contributed by atoms with Gasteiger partial charge in [0, 0.05) is 6.54 Å². The third-order valence-corrected chi connectivity index (χ3v) is 4.69. The number of sulfone groups is 1. The highest BCUT2D eigenvalue weighted by Gasteiger charge is 2.40. The maximum atomic E-state index is 11.2. The Balaban J connectivity index is 2.32. The minimum Gasteiger partial charge on any atom is -0.315 e. The molecular weight excluding hydrogens is 150 g/mol. The van der Waals surface area contributed by atoms with E-state index in [2.05, 4.69) is 5.32 Å². The van der Waals surface area contributed by atoms with Gasteiger partial charge in [-0.15, -0.1) is 0 Å². The molecule has 2 fully saturated rings. The van der Waals surface area contributed by atoms with Gasteiger partial charge in [0.05, 0.1) is 11.0 Å². The molecule has 2 aliphatic heterocycles. The van der Waals surface area contributed by atoms with E-state index in [4.69, 9.17) is 0 Å². The second kappa shape index (κ2) is 1.95. The molecule has 0 aromatic carbocycles. The van der Waals surface area contributed by atoms with E-state index < -0.39 is 9.84 Å². The first-order valence-electron chi connectivity index (χ1n) is 3.61. The first-order chi connectivity index (χ1) is 4.68. The Morgan fingerprint density at radius 3 is 2.70 bits per heavy atom. The lowest BCUT2D eigenvalue weighted by Crippen LogP contribution is -2.35. The van der Waals surface area contributed by atoms with Gasteiger partial charge in [0.25, 0.3) is 0 Å². The van der Waals surface area contributed by atoms with Crippen molar-refractivity contribution in [3.05, 3.63) is 0 Å². The molecule has 0 aliphatic carbocycles. The number of nitrogens with one attached hydrogen (secondary N) is 1. The Hall–Kier alpha value is -0.0900. The minimum absolute atomic E-state index is 0.0637. The summed E-state index contributed by atoms with van der Waals surface area (Å²) in [5.74, 6) is 0.828. The Labute approximate surface area is 60.7 Å². The molecule has 4 heteroatoms. The van der Waals surface area contributed by atoms with Crippen LogP contribution < -0.4 is 5.32 Å². The summed E-state index contributed by atoms with van der Waals surface area (Å²) in [5, 5.41) is 3.06. The number of hydrogen-bond acceptors (Lipinski definition) is 3. The van der Waals surface area contributed by atoms with Crippen molar-refractivity contribution in [2.75, 3.05) is 18.8 Å². The lowest BCUT2D eigenvalue weighted by molar-refractivity contribution is 0.440. The Morgan fingerprint density at radius 2 is 2.10 bits per heavy atom. The van der Waals surface area contributed by atoms with Gasteiger partial charge in [0.1, 0.15) is 0 Å². The van der Waals surface area contributed by atoms with Crippen LogP contribution in [-0.4, -0.2) is 32.5 Å². The van der Waals surface area contributed by atoms with Crippen molar-refractivity contribution >= 4 is 9.84 Å². The van der Waals surface area contributed by atoms with Crippen LogP contribution in [0.3, 0.4) is 0 Å². The van der Waals surface area contributed by atoms with Crippen molar-refractivity contribution in [2.24, 2.45) is 5.92 Å². The molecule has 0 amide bonds. The average Bonchev–Trinajstić information content (AvgIpc) is 2.04. The summed E-state index contributed by atoms with van der Waals surface area (Å²) in [6, 6.07) is 0. The Morgan fingerprint density at radius 1 is 1.30 bits per heavy atom. The zero-order chi connectivity index (χ0) is 7.19. The van der Waals surface area contributed by atoms with Crippen LogP contribution in [0.4, 0.5) is 0 Å². The van der Waals surface area contributed by atoms with Crippen molar-refractivity contribution in [3.63, 3.8) is 0 Å². The lowest BCUT2D eigenvalue weighted by Gasteiger charge is -2.16. The summed E-state index contributed by atoms with van der Waals surface area (Å²) in [7, 11) is -2.69. The molecular formula is C6H11NO2S. The molecule has 0 aromatic heterocycles. The summed E-state index contributed by atoms with van der Waals surface area (Å²) >= 11 is 0. The third-order valence-electron chi connectivity index (χ3n) is 2.38. The molecule has 2 heterocycles. The van der Waals surface area contributed by atoms with Gasteiger partial charge in [-0.2, -0.15) is 0 Å². The van der Waals surface area contributed by atoms with Crippen molar-refractivity contribution in [1.29, 1.82) is 0 Å². The minimum atomic E-state index is -2.69. The van der Waals surface area contributed by atoms with Gasteiger partial charge in [-0.05, 0) is 18.9 Å². The SMILES string of the molecule is O=S1(=O)C[C@@H]2CNC[C@@H]1C2. The molecule has 0 spiro atoms. The predicted molar refractivity (Wildman–Crippen MR) is 38.6 cm³/mol. The summed E-state index contributed by atoms with van der Waals surface area (Å²) in [4.78, 5) is 0. The fraction of sp³-hybridized carbons (Fsp3) is 1.00. The molecule has 10 heavy (non-hydrogen) atoms. The van der Waals surface area contributed by atoms with E-state index in [-0.39, 0.29) is 5.25 Å². The predicted octanol–water partition coefficient (Wildman–Crippen LogP) is -0.607. The highest BCUT2D eigenvalue weighted by Crippen LogP contribution is 2.27. The molecule has 2 rings (SSSR count). The van der Waals surface area contributed by atoms with E-state index in [1.54, 1.807) is 0 Å². The van der Waals surface area contributed by atoms with Crippen molar-refractivity contribution < 1.29 is 8.42 Å². The Bertz CT molecular complexity index is 234. The fourth-order valence-corrected chi connectivity index (χ4v) is 3.97. The average molecular weight is 161 g/mol. The van der Waals surface area contributed by atoms with Crippen molar-refractivity contribution in [3.8, 4) is 0 Å². The molecule has 2 saturated heterocycles. The monoisotopic (exact) mass is 161 g/mol. The third kappa shape index (κ3) is 0.864. The van der Waals surface area contributed by atoms with Crippen LogP contribution in [0.25, 0.3) is 0 Å². The van der Waals surface area contributed by atoms with Crippen LogP contribution in [0.2, 0.25) is 0 Å². The number of fused-ring (bicyclic) bond motifs is 2. The molecule has 2 bridgehead atoms. The van der Waals surface area contributed by atoms with Crippen LogP contribution in [0.5, 0.6) is 0 Å². The number of rotatable bonds is 0. The summed E-state index contributed by atoms with van der Waals surface area (Å²) in [6.07, 6.45) is 0.898. The molecule has 0 unspecified atom stereocenters. The first-order valence-corrected chi connectivity index (χ1v) is 5.32. The zero-order valence-electron chi connectivity index (χ0n) is 5.71. The van der Waals surface area contributed by atoms with E-state index in [0.29, 0.717) is 18.2 Å². The number of hydrogen-bond donors (Lipinski definition) is 1. The van der Waals surface area contributed by atoms with Crippen LogP contribution >= 0.6 is 0 Å². The van der Waals surface area contributed by atoms with Crippen LogP contribution in [-0.2, 0) is 9.84 Å². The quantitative estimate of drug-likeness (QED) is 0.515. The first kappa shape index (κ1) is 6.61. The molecule has 2 atom stereocenters. The van der Waals surface area contributed by atoms with E-state index in [1.807, 2.05) is 0 Å². The van der Waals surface area contributed by atoms with Gasteiger partial charge in [-0.25, -0.2) is 8.42 Å². The van der Waals surface area contributed by atoms with Crippen LogP contribution in [0, 0.1) is 5.92 Å². The standard InChI is InChI=1S/C6H11NO2S/c8-10(9)4-5-1-6(10)3-7-2-5/h5-7H,1-4H2/t5-,6-/m0/s1. The van der Waals surface area contributed by atoms with Gasteiger partial charge in [0.2, 0.25) is 0 Å². The summed E-state index contributed by atoms with van der Waals surface area (Å²) < 4.78 is 22.4. The van der Waals surface area contributed by atoms with E-state index >= 15 is 0 Å².